The standard InChI is InChI=1S/C15H17N3O/c1-11(17)15(18-9-5-6-12(18)10-16)13-7-3-4-8-14(13)19-2/h3-9,11,15H,17H2,1-2H3. The topological polar surface area (TPSA) is 64.0 Å². The highest BCUT2D eigenvalue weighted by atomic mass is 16.5. The summed E-state index contributed by atoms with van der Waals surface area (Å²) in [5.41, 5.74) is 7.69. The van der Waals surface area contributed by atoms with Gasteiger partial charge in [-0.15, -0.1) is 0 Å². The quantitative estimate of drug-likeness (QED) is 0.911. The van der Waals surface area contributed by atoms with Gasteiger partial charge in [-0.25, -0.2) is 0 Å². The van der Waals surface area contributed by atoms with Crippen LogP contribution in [0.15, 0.2) is 42.6 Å². The van der Waals surface area contributed by atoms with Gasteiger partial charge in [0, 0.05) is 17.8 Å². The zero-order chi connectivity index (χ0) is 13.8. The molecule has 0 bridgehead atoms. The van der Waals surface area contributed by atoms with Crippen molar-refractivity contribution in [3.8, 4) is 11.8 Å². The second-order valence-electron chi connectivity index (χ2n) is 4.46. The minimum absolute atomic E-state index is 0.124. The molecule has 0 fully saturated rings. The van der Waals surface area contributed by atoms with Crippen molar-refractivity contribution < 1.29 is 4.74 Å². The molecule has 2 atom stereocenters. The Balaban J connectivity index is 2.56. The largest absolute Gasteiger partial charge is 0.496 e. The van der Waals surface area contributed by atoms with Crippen molar-refractivity contribution in [2.24, 2.45) is 5.73 Å². The number of aromatic nitrogens is 1. The van der Waals surface area contributed by atoms with Crippen molar-refractivity contribution in [1.29, 1.82) is 5.26 Å². The van der Waals surface area contributed by atoms with Crippen LogP contribution in [0.5, 0.6) is 5.75 Å². The first-order valence-corrected chi connectivity index (χ1v) is 6.14. The predicted molar refractivity (Wildman–Crippen MR) is 73.9 cm³/mol. The van der Waals surface area contributed by atoms with Crippen LogP contribution in [-0.2, 0) is 0 Å². The van der Waals surface area contributed by atoms with Crippen LogP contribution in [0.4, 0.5) is 0 Å². The van der Waals surface area contributed by atoms with E-state index in [9.17, 15) is 0 Å². The molecule has 98 valence electrons. The molecular weight excluding hydrogens is 238 g/mol. The predicted octanol–water partition coefficient (Wildman–Crippen LogP) is 2.30. The first-order chi connectivity index (χ1) is 9.19. The molecule has 4 nitrogen and oxygen atoms in total. The number of benzene rings is 1. The Labute approximate surface area is 113 Å². The van der Waals surface area contributed by atoms with Crippen LogP contribution in [0, 0.1) is 11.3 Å². The fraction of sp³-hybridized carbons (Fsp3) is 0.267. The molecule has 0 saturated carbocycles. The third kappa shape index (κ3) is 2.47. The molecule has 19 heavy (non-hydrogen) atoms. The molecule has 1 heterocycles. The number of nitriles is 1. The van der Waals surface area contributed by atoms with Crippen LogP contribution in [0.25, 0.3) is 0 Å². The van der Waals surface area contributed by atoms with E-state index in [1.165, 1.54) is 0 Å². The first kappa shape index (κ1) is 13.2. The van der Waals surface area contributed by atoms with Crippen LogP contribution in [0.3, 0.4) is 0 Å². The summed E-state index contributed by atoms with van der Waals surface area (Å²) in [5, 5.41) is 9.17. The Hall–Kier alpha value is -2.25. The monoisotopic (exact) mass is 255 g/mol. The molecule has 0 aliphatic carbocycles. The van der Waals surface area contributed by atoms with Gasteiger partial charge < -0.3 is 15.0 Å². The van der Waals surface area contributed by atoms with Gasteiger partial charge in [0.2, 0.25) is 0 Å². The summed E-state index contributed by atoms with van der Waals surface area (Å²) in [6.07, 6.45) is 1.87. The van der Waals surface area contributed by atoms with Crippen molar-refractivity contribution in [2.75, 3.05) is 7.11 Å². The van der Waals surface area contributed by atoms with Crippen LogP contribution < -0.4 is 10.5 Å². The summed E-state index contributed by atoms with van der Waals surface area (Å²) < 4.78 is 7.29. The lowest BCUT2D eigenvalue weighted by Crippen LogP contribution is -2.30. The molecule has 4 heteroatoms. The van der Waals surface area contributed by atoms with E-state index in [1.54, 1.807) is 13.2 Å². The van der Waals surface area contributed by atoms with E-state index in [2.05, 4.69) is 6.07 Å². The number of hydrogen-bond donors (Lipinski definition) is 1. The van der Waals surface area contributed by atoms with E-state index in [1.807, 2.05) is 48.0 Å². The van der Waals surface area contributed by atoms with Gasteiger partial charge in [-0.05, 0) is 25.1 Å². The number of hydrogen-bond acceptors (Lipinski definition) is 3. The fourth-order valence-electron chi connectivity index (χ4n) is 2.33. The molecule has 2 unspecified atom stereocenters. The molecular formula is C15H17N3O. The Bertz CT molecular complexity index is 595. The molecule has 2 N–H and O–H groups in total. The average molecular weight is 255 g/mol. The number of para-hydroxylation sites is 1. The molecule has 0 aliphatic rings. The number of nitrogens with two attached hydrogens (primary N) is 1. The van der Waals surface area contributed by atoms with Gasteiger partial charge in [0.1, 0.15) is 17.5 Å². The number of nitrogens with zero attached hydrogens (tertiary/aromatic N) is 2. The summed E-state index contributed by atoms with van der Waals surface area (Å²) in [7, 11) is 1.64. The number of methoxy groups -OCH3 is 1. The lowest BCUT2D eigenvalue weighted by Gasteiger charge is -2.25. The first-order valence-electron chi connectivity index (χ1n) is 6.14. The maximum atomic E-state index is 9.17. The Kier molecular flexibility index (Phi) is 3.88. The van der Waals surface area contributed by atoms with E-state index in [0.29, 0.717) is 5.69 Å². The zero-order valence-corrected chi connectivity index (χ0v) is 11.1. The normalized spacial score (nSPS) is 13.6. The second-order valence-corrected chi connectivity index (χ2v) is 4.46. The van der Waals surface area contributed by atoms with E-state index < -0.39 is 0 Å². The smallest absolute Gasteiger partial charge is 0.124 e. The lowest BCUT2D eigenvalue weighted by atomic mass is 9.99. The van der Waals surface area contributed by atoms with Gasteiger partial charge in [-0.1, -0.05) is 18.2 Å². The third-order valence-electron chi connectivity index (χ3n) is 3.15. The summed E-state index contributed by atoms with van der Waals surface area (Å²) in [6, 6.07) is 13.3. The molecule has 2 rings (SSSR count). The Morgan fingerprint density at radius 1 is 1.26 bits per heavy atom. The Morgan fingerprint density at radius 2 is 2.00 bits per heavy atom. The van der Waals surface area contributed by atoms with E-state index in [0.717, 1.165) is 11.3 Å². The maximum Gasteiger partial charge on any atom is 0.124 e. The Morgan fingerprint density at radius 3 is 2.63 bits per heavy atom. The average Bonchev–Trinajstić information content (AvgIpc) is 2.87. The minimum atomic E-state index is -0.143. The number of rotatable bonds is 4. The maximum absolute atomic E-state index is 9.17. The third-order valence-corrected chi connectivity index (χ3v) is 3.15. The fourth-order valence-corrected chi connectivity index (χ4v) is 2.33. The second kappa shape index (κ2) is 5.59. The van der Waals surface area contributed by atoms with Crippen molar-refractivity contribution in [2.45, 2.75) is 19.0 Å². The van der Waals surface area contributed by atoms with E-state index in [-0.39, 0.29) is 12.1 Å². The highest BCUT2D eigenvalue weighted by molar-refractivity contribution is 5.39. The van der Waals surface area contributed by atoms with Gasteiger partial charge in [0.15, 0.2) is 0 Å². The van der Waals surface area contributed by atoms with Crippen LogP contribution in [-0.4, -0.2) is 17.7 Å². The summed E-state index contributed by atoms with van der Waals surface area (Å²) in [4.78, 5) is 0. The summed E-state index contributed by atoms with van der Waals surface area (Å²) >= 11 is 0. The zero-order valence-electron chi connectivity index (χ0n) is 11.1. The molecule has 0 aliphatic heterocycles. The minimum Gasteiger partial charge on any atom is -0.496 e. The SMILES string of the molecule is COc1ccccc1C(C(C)N)n1cccc1C#N. The highest BCUT2D eigenvalue weighted by Gasteiger charge is 2.23. The van der Waals surface area contributed by atoms with Crippen molar-refractivity contribution in [3.05, 3.63) is 53.9 Å². The van der Waals surface area contributed by atoms with Crippen LogP contribution >= 0.6 is 0 Å². The van der Waals surface area contributed by atoms with E-state index in [4.69, 9.17) is 15.7 Å². The van der Waals surface area contributed by atoms with Crippen LogP contribution in [0.1, 0.15) is 24.2 Å². The molecule has 0 amide bonds. The highest BCUT2D eigenvalue weighted by Crippen LogP contribution is 2.30. The molecule has 2 aromatic rings. The van der Waals surface area contributed by atoms with Gasteiger partial charge >= 0.3 is 0 Å². The van der Waals surface area contributed by atoms with E-state index >= 15 is 0 Å². The van der Waals surface area contributed by atoms with Gasteiger partial charge in [0.05, 0.1) is 13.2 Å². The summed E-state index contributed by atoms with van der Waals surface area (Å²) in [6.45, 7) is 1.93. The van der Waals surface area contributed by atoms with Gasteiger partial charge in [-0.2, -0.15) is 5.26 Å². The van der Waals surface area contributed by atoms with Crippen molar-refractivity contribution >= 4 is 0 Å². The van der Waals surface area contributed by atoms with Crippen LogP contribution in [0.2, 0.25) is 0 Å². The van der Waals surface area contributed by atoms with Crippen molar-refractivity contribution in [1.82, 2.24) is 4.57 Å². The molecule has 0 spiro atoms. The number of ether oxygens (including phenoxy) is 1. The molecule has 1 aromatic carbocycles. The van der Waals surface area contributed by atoms with Gasteiger partial charge in [-0.3, -0.25) is 0 Å². The summed E-state index contributed by atoms with van der Waals surface area (Å²) in [5.74, 6) is 0.780. The molecule has 0 radical (unpaired) electrons. The molecule has 0 saturated heterocycles. The lowest BCUT2D eigenvalue weighted by molar-refractivity contribution is 0.393. The van der Waals surface area contributed by atoms with Crippen molar-refractivity contribution in [3.63, 3.8) is 0 Å². The van der Waals surface area contributed by atoms with Gasteiger partial charge in [0.25, 0.3) is 0 Å². The molecule has 1 aromatic heterocycles.